The fraction of sp³-hybridized carbons (Fsp3) is 0.222. The van der Waals surface area contributed by atoms with Gasteiger partial charge < -0.3 is 9.84 Å². The predicted molar refractivity (Wildman–Crippen MR) is 49.4 cm³/mol. The molecule has 1 aromatic rings. The first-order valence-electron chi connectivity index (χ1n) is 3.94. The highest BCUT2D eigenvalue weighted by Gasteiger charge is 1.96. The number of nitrogens with zero attached hydrogens (tertiary/aromatic N) is 2. The number of aliphatic carboxylic acids is 1. The molecule has 0 spiro atoms. The summed E-state index contributed by atoms with van der Waals surface area (Å²) in [5.41, 5.74) is 0.550. The SMILES string of the molecule is COCc1nccc(/C=C/C(=O)O)n1. The average molecular weight is 194 g/mol. The van der Waals surface area contributed by atoms with Crippen LogP contribution in [0.3, 0.4) is 0 Å². The van der Waals surface area contributed by atoms with Gasteiger partial charge >= 0.3 is 5.97 Å². The topological polar surface area (TPSA) is 72.3 Å². The van der Waals surface area contributed by atoms with E-state index in [1.807, 2.05) is 0 Å². The molecule has 1 heterocycles. The molecule has 0 saturated heterocycles. The highest BCUT2D eigenvalue weighted by Crippen LogP contribution is 1.99. The van der Waals surface area contributed by atoms with Gasteiger partial charge in [-0.1, -0.05) is 0 Å². The van der Waals surface area contributed by atoms with Crippen LogP contribution in [0.25, 0.3) is 6.08 Å². The Morgan fingerprint density at radius 2 is 2.50 bits per heavy atom. The van der Waals surface area contributed by atoms with E-state index in [9.17, 15) is 4.79 Å². The van der Waals surface area contributed by atoms with Gasteiger partial charge in [0.25, 0.3) is 0 Å². The minimum atomic E-state index is -1.00. The van der Waals surface area contributed by atoms with Crippen LogP contribution in [-0.4, -0.2) is 28.2 Å². The third kappa shape index (κ3) is 3.32. The molecular weight excluding hydrogens is 184 g/mol. The second kappa shape index (κ2) is 5.08. The molecule has 1 N–H and O–H groups in total. The smallest absolute Gasteiger partial charge is 0.328 e. The van der Waals surface area contributed by atoms with Crippen molar-refractivity contribution in [2.45, 2.75) is 6.61 Å². The van der Waals surface area contributed by atoms with Gasteiger partial charge in [0.15, 0.2) is 5.82 Å². The van der Waals surface area contributed by atoms with Gasteiger partial charge in [-0.25, -0.2) is 14.8 Å². The van der Waals surface area contributed by atoms with Gasteiger partial charge in [0, 0.05) is 19.4 Å². The summed E-state index contributed by atoms with van der Waals surface area (Å²) in [6.07, 6.45) is 3.99. The van der Waals surface area contributed by atoms with Crippen LogP contribution in [0.4, 0.5) is 0 Å². The molecule has 0 bridgehead atoms. The molecule has 0 radical (unpaired) electrons. The van der Waals surface area contributed by atoms with E-state index in [-0.39, 0.29) is 0 Å². The summed E-state index contributed by atoms with van der Waals surface area (Å²) in [4.78, 5) is 18.2. The summed E-state index contributed by atoms with van der Waals surface area (Å²) >= 11 is 0. The first kappa shape index (κ1) is 10.3. The monoisotopic (exact) mass is 194 g/mol. The van der Waals surface area contributed by atoms with Gasteiger partial charge in [0.1, 0.15) is 6.61 Å². The van der Waals surface area contributed by atoms with Crippen LogP contribution in [0, 0.1) is 0 Å². The summed E-state index contributed by atoms with van der Waals surface area (Å²) < 4.78 is 4.84. The van der Waals surface area contributed by atoms with Crippen LogP contribution in [0.1, 0.15) is 11.5 Å². The molecule has 1 aromatic heterocycles. The maximum absolute atomic E-state index is 10.2. The fourth-order valence-electron chi connectivity index (χ4n) is 0.863. The molecule has 0 aliphatic rings. The summed E-state index contributed by atoms with van der Waals surface area (Å²) in [7, 11) is 1.54. The zero-order valence-corrected chi connectivity index (χ0v) is 7.67. The molecule has 14 heavy (non-hydrogen) atoms. The molecule has 0 aromatic carbocycles. The third-order valence-electron chi connectivity index (χ3n) is 1.40. The van der Waals surface area contributed by atoms with Crippen LogP contribution in [-0.2, 0) is 16.1 Å². The van der Waals surface area contributed by atoms with E-state index in [1.165, 1.54) is 6.08 Å². The lowest BCUT2D eigenvalue weighted by Crippen LogP contribution is -1.97. The van der Waals surface area contributed by atoms with E-state index in [2.05, 4.69) is 9.97 Å². The van der Waals surface area contributed by atoms with Crippen molar-refractivity contribution >= 4 is 12.0 Å². The summed E-state index contributed by atoms with van der Waals surface area (Å²) in [6, 6.07) is 1.62. The van der Waals surface area contributed by atoms with E-state index >= 15 is 0 Å². The van der Waals surface area contributed by atoms with Crippen LogP contribution in [0.15, 0.2) is 18.3 Å². The number of ether oxygens (including phenoxy) is 1. The Morgan fingerprint density at radius 3 is 3.14 bits per heavy atom. The third-order valence-corrected chi connectivity index (χ3v) is 1.40. The van der Waals surface area contributed by atoms with E-state index in [1.54, 1.807) is 19.4 Å². The van der Waals surface area contributed by atoms with Crippen molar-refractivity contribution in [2.24, 2.45) is 0 Å². The van der Waals surface area contributed by atoms with E-state index in [4.69, 9.17) is 9.84 Å². The predicted octanol–water partition coefficient (Wildman–Crippen LogP) is 0.721. The maximum atomic E-state index is 10.2. The summed E-state index contributed by atoms with van der Waals surface area (Å²) in [5, 5.41) is 8.39. The van der Waals surface area contributed by atoms with Crippen molar-refractivity contribution in [1.82, 2.24) is 9.97 Å². The Labute approximate surface area is 81.1 Å². The van der Waals surface area contributed by atoms with Gasteiger partial charge in [-0.2, -0.15) is 0 Å². The molecule has 0 aliphatic carbocycles. The van der Waals surface area contributed by atoms with Gasteiger partial charge in [-0.15, -0.1) is 0 Å². The first-order chi connectivity index (χ1) is 6.72. The van der Waals surface area contributed by atoms with Crippen molar-refractivity contribution in [2.75, 3.05) is 7.11 Å². The van der Waals surface area contributed by atoms with Crippen LogP contribution < -0.4 is 0 Å². The van der Waals surface area contributed by atoms with Crippen molar-refractivity contribution in [3.63, 3.8) is 0 Å². The number of carboxylic acids is 1. The Kier molecular flexibility index (Phi) is 3.75. The second-order valence-electron chi connectivity index (χ2n) is 2.50. The first-order valence-corrected chi connectivity index (χ1v) is 3.94. The maximum Gasteiger partial charge on any atom is 0.328 e. The molecule has 5 nitrogen and oxygen atoms in total. The molecule has 0 aliphatic heterocycles. The molecule has 0 amide bonds. The number of carboxylic acid groups (broad SMARTS) is 1. The van der Waals surface area contributed by atoms with Crippen molar-refractivity contribution in [1.29, 1.82) is 0 Å². The second-order valence-corrected chi connectivity index (χ2v) is 2.50. The zero-order valence-electron chi connectivity index (χ0n) is 7.67. The number of methoxy groups -OCH3 is 1. The van der Waals surface area contributed by atoms with E-state index in [0.29, 0.717) is 18.1 Å². The molecule has 0 saturated carbocycles. The highest BCUT2D eigenvalue weighted by molar-refractivity contribution is 5.84. The lowest BCUT2D eigenvalue weighted by atomic mass is 10.3. The van der Waals surface area contributed by atoms with Gasteiger partial charge in [0.2, 0.25) is 0 Å². The molecule has 0 fully saturated rings. The molecular formula is C9H10N2O3. The van der Waals surface area contributed by atoms with Crippen molar-refractivity contribution in [3.8, 4) is 0 Å². The quantitative estimate of drug-likeness (QED) is 0.715. The van der Waals surface area contributed by atoms with Gasteiger partial charge in [0.05, 0.1) is 5.69 Å². The Hall–Kier alpha value is -1.75. The minimum Gasteiger partial charge on any atom is -0.478 e. The molecule has 0 unspecified atom stereocenters. The summed E-state index contributed by atoms with van der Waals surface area (Å²) in [6.45, 7) is 0.314. The zero-order chi connectivity index (χ0) is 10.4. The number of carbonyl (C=O) groups is 1. The van der Waals surface area contributed by atoms with Gasteiger partial charge in [-0.05, 0) is 12.1 Å². The van der Waals surface area contributed by atoms with Crippen LogP contribution in [0.2, 0.25) is 0 Å². The number of aromatic nitrogens is 2. The van der Waals surface area contributed by atoms with E-state index in [0.717, 1.165) is 6.08 Å². The average Bonchev–Trinajstić information content (AvgIpc) is 2.16. The van der Waals surface area contributed by atoms with Crippen LogP contribution in [0.5, 0.6) is 0 Å². The number of rotatable bonds is 4. The lowest BCUT2D eigenvalue weighted by Gasteiger charge is -1.98. The lowest BCUT2D eigenvalue weighted by molar-refractivity contribution is -0.131. The van der Waals surface area contributed by atoms with Crippen LogP contribution >= 0.6 is 0 Å². The largest absolute Gasteiger partial charge is 0.478 e. The molecule has 5 heteroatoms. The number of hydrogen-bond acceptors (Lipinski definition) is 4. The summed E-state index contributed by atoms with van der Waals surface area (Å²) in [5.74, 6) is -0.475. The molecule has 1 rings (SSSR count). The normalized spacial score (nSPS) is 10.6. The number of hydrogen-bond donors (Lipinski definition) is 1. The Bertz CT molecular complexity index is 350. The molecule has 0 atom stereocenters. The highest BCUT2D eigenvalue weighted by atomic mass is 16.5. The van der Waals surface area contributed by atoms with Gasteiger partial charge in [-0.3, -0.25) is 0 Å². The molecule has 74 valence electrons. The van der Waals surface area contributed by atoms with Crippen molar-refractivity contribution < 1.29 is 14.6 Å². The van der Waals surface area contributed by atoms with Crippen molar-refractivity contribution in [3.05, 3.63) is 29.9 Å². The Morgan fingerprint density at radius 1 is 1.71 bits per heavy atom. The standard InChI is InChI=1S/C9H10N2O3/c1-14-6-8-10-5-4-7(11-8)2-3-9(12)13/h2-5H,6H2,1H3,(H,12,13)/b3-2+. The van der Waals surface area contributed by atoms with E-state index < -0.39 is 5.97 Å². The minimum absolute atomic E-state index is 0.314. The Balaban J connectivity index is 2.77. The fourth-order valence-corrected chi connectivity index (χ4v) is 0.863.